The molecule has 1 amide bonds. The van der Waals surface area contributed by atoms with Gasteiger partial charge in [-0.05, 0) is 109 Å². The Morgan fingerprint density at radius 1 is 0.449 bits per heavy atom. The summed E-state index contributed by atoms with van der Waals surface area (Å²) >= 11 is 0. The average molecular weight is 1110 g/mol. The second-order valence-corrected chi connectivity index (χ2v) is 24.4. The quantitative estimate of drug-likeness (QED) is 0.0205. The number of rotatable bonds is 58. The average Bonchev–Trinajstić information content (AvgIpc) is 3.40. The summed E-state index contributed by atoms with van der Waals surface area (Å²) in [5.74, 6) is -0.529. The SMILES string of the molecule is CCCCC/C=C\C/C=C\C/C=C\C/C=C\CCCCCCCC(=O)OC(/C=C/CCCCCCCCCCCC)C(COP(=O)(O)OCC[N+](C)(C)C)NC(=O)CCCCCCCCCCC/C=C\C/C=C\CCCCC. The van der Waals surface area contributed by atoms with E-state index in [1.165, 1.54) is 135 Å². The molecule has 0 bridgehead atoms. The number of hydrogen-bond acceptors (Lipinski definition) is 6. The minimum atomic E-state index is -4.46. The highest BCUT2D eigenvalue weighted by molar-refractivity contribution is 7.47. The van der Waals surface area contributed by atoms with Gasteiger partial charge in [0.05, 0.1) is 33.8 Å². The van der Waals surface area contributed by atoms with Crippen LogP contribution in [0.3, 0.4) is 0 Å². The van der Waals surface area contributed by atoms with Crippen molar-refractivity contribution in [2.75, 3.05) is 40.9 Å². The molecule has 0 heterocycles. The fraction of sp³-hybridized carbons (Fsp3) is 0.765. The minimum absolute atomic E-state index is 0.0329. The zero-order valence-electron chi connectivity index (χ0n) is 51.6. The Morgan fingerprint density at radius 3 is 1.19 bits per heavy atom. The van der Waals surface area contributed by atoms with E-state index in [-0.39, 0.29) is 31.5 Å². The lowest BCUT2D eigenvalue weighted by molar-refractivity contribution is -0.870. The Morgan fingerprint density at radius 2 is 0.782 bits per heavy atom. The molecule has 0 rings (SSSR count). The lowest BCUT2D eigenvalue weighted by Crippen LogP contribution is -2.47. The molecule has 0 aromatic rings. The monoisotopic (exact) mass is 1110 g/mol. The molecule has 2 N–H and O–H groups in total. The van der Waals surface area contributed by atoms with E-state index < -0.39 is 20.0 Å². The van der Waals surface area contributed by atoms with Gasteiger partial charge in [0.2, 0.25) is 5.91 Å². The van der Waals surface area contributed by atoms with Crippen molar-refractivity contribution < 1.29 is 37.3 Å². The second-order valence-electron chi connectivity index (χ2n) is 22.9. The van der Waals surface area contributed by atoms with Crippen LogP contribution in [0.25, 0.3) is 0 Å². The predicted octanol–water partition coefficient (Wildman–Crippen LogP) is 20.2. The van der Waals surface area contributed by atoms with Gasteiger partial charge in [0, 0.05) is 12.8 Å². The van der Waals surface area contributed by atoms with Gasteiger partial charge in [0.15, 0.2) is 0 Å². The van der Waals surface area contributed by atoms with Gasteiger partial charge in [0.1, 0.15) is 19.3 Å². The number of quaternary nitrogens is 1. The van der Waals surface area contributed by atoms with Crippen LogP contribution in [0, 0.1) is 0 Å². The molecule has 0 saturated heterocycles. The van der Waals surface area contributed by atoms with Crippen LogP contribution in [0.5, 0.6) is 0 Å². The summed E-state index contributed by atoms with van der Waals surface area (Å²) in [6, 6.07) is -0.863. The van der Waals surface area contributed by atoms with E-state index >= 15 is 0 Å². The van der Waals surface area contributed by atoms with Crippen molar-refractivity contribution in [1.82, 2.24) is 5.32 Å². The Balaban J connectivity index is 5.26. The van der Waals surface area contributed by atoms with Crippen molar-refractivity contribution in [1.29, 1.82) is 0 Å². The summed E-state index contributed by atoms with van der Waals surface area (Å²) in [6.07, 6.45) is 75.7. The summed E-state index contributed by atoms with van der Waals surface area (Å²) in [5, 5.41) is 3.05. The molecular weight excluding hydrogens is 988 g/mol. The van der Waals surface area contributed by atoms with E-state index in [9.17, 15) is 19.0 Å². The number of amides is 1. The number of allylic oxidation sites excluding steroid dienone is 13. The predicted molar refractivity (Wildman–Crippen MR) is 337 cm³/mol. The topological polar surface area (TPSA) is 111 Å². The molecule has 0 aliphatic carbocycles. The normalized spacial score (nSPS) is 14.2. The van der Waals surface area contributed by atoms with Crippen LogP contribution >= 0.6 is 7.82 Å². The van der Waals surface area contributed by atoms with E-state index in [4.69, 9.17) is 13.8 Å². The van der Waals surface area contributed by atoms with Gasteiger partial charge in [-0.2, -0.15) is 0 Å². The van der Waals surface area contributed by atoms with Crippen LogP contribution in [-0.2, 0) is 27.9 Å². The smallest absolute Gasteiger partial charge is 0.456 e. The maximum atomic E-state index is 13.6. The number of nitrogens with one attached hydrogen (secondary N) is 1. The van der Waals surface area contributed by atoms with Crippen LogP contribution in [-0.4, -0.2) is 74.3 Å². The standard InChI is InChI=1S/C68H123N2O7P/c1-7-10-13-16-19-22-25-28-30-32-34-35-37-39-41-43-46-49-52-55-58-61-68(72)77-66(59-56-53-50-47-44-27-24-21-18-15-12-9-3)65(64-76-78(73,74)75-63-62-70(4,5)6)69-67(71)60-57-54-51-48-45-42-40-38-36-33-31-29-26-23-20-17-14-11-8-2/h19-20,22-23,28-31,34-35,39,41,56,59,65-66H,7-18,21,24-27,32-33,36-38,40,42-55,57-58,60-64H2,1-6H3,(H-,69,71,73,74)/p+1/b22-19-,23-20-,30-28-,31-29-,35-34-,41-39-,59-56+. The molecule has 0 fully saturated rings. The van der Waals surface area contributed by atoms with E-state index in [0.717, 1.165) is 109 Å². The summed E-state index contributed by atoms with van der Waals surface area (Å²) < 4.78 is 30.7. The molecule has 9 nitrogen and oxygen atoms in total. The summed E-state index contributed by atoms with van der Waals surface area (Å²) in [7, 11) is 1.48. The maximum absolute atomic E-state index is 13.6. The Labute approximate surface area is 482 Å². The van der Waals surface area contributed by atoms with Crippen LogP contribution in [0.1, 0.15) is 284 Å². The van der Waals surface area contributed by atoms with Gasteiger partial charge >= 0.3 is 13.8 Å². The Hall–Kier alpha value is -2.81. The third kappa shape index (κ3) is 57.9. The lowest BCUT2D eigenvalue weighted by Gasteiger charge is -2.27. The number of nitrogens with zero attached hydrogens (tertiary/aromatic N) is 1. The van der Waals surface area contributed by atoms with Crippen molar-refractivity contribution in [3.8, 4) is 0 Å². The first kappa shape index (κ1) is 75.2. The Kier molecular flexibility index (Phi) is 55.4. The van der Waals surface area contributed by atoms with E-state index in [2.05, 4.69) is 99.0 Å². The fourth-order valence-corrected chi connectivity index (χ4v) is 9.75. The molecule has 0 aromatic heterocycles. The number of carbonyl (C=O) groups excluding carboxylic acids is 2. The van der Waals surface area contributed by atoms with Gasteiger partial charge in [-0.15, -0.1) is 0 Å². The first-order valence-electron chi connectivity index (χ1n) is 32.4. The molecule has 3 atom stereocenters. The van der Waals surface area contributed by atoms with Crippen molar-refractivity contribution in [2.24, 2.45) is 0 Å². The van der Waals surface area contributed by atoms with E-state index in [1.54, 1.807) is 0 Å². The van der Waals surface area contributed by atoms with E-state index in [0.29, 0.717) is 23.9 Å². The van der Waals surface area contributed by atoms with Crippen LogP contribution in [0.2, 0.25) is 0 Å². The highest BCUT2D eigenvalue weighted by atomic mass is 31.2. The lowest BCUT2D eigenvalue weighted by atomic mass is 10.0. The highest BCUT2D eigenvalue weighted by Crippen LogP contribution is 2.43. The molecule has 0 spiro atoms. The molecule has 10 heteroatoms. The summed E-state index contributed by atoms with van der Waals surface area (Å²) in [6.45, 7) is 6.95. The second kappa shape index (κ2) is 57.4. The number of phosphoric acid groups is 1. The Bertz CT molecular complexity index is 1610. The largest absolute Gasteiger partial charge is 0.472 e. The van der Waals surface area contributed by atoms with E-state index in [1.807, 2.05) is 33.3 Å². The number of hydrogen-bond donors (Lipinski definition) is 2. The molecule has 0 radical (unpaired) electrons. The van der Waals surface area contributed by atoms with Gasteiger partial charge in [0.25, 0.3) is 0 Å². The molecule has 0 aliphatic rings. The van der Waals surface area contributed by atoms with Crippen LogP contribution < -0.4 is 5.32 Å². The van der Waals surface area contributed by atoms with Crippen molar-refractivity contribution in [3.63, 3.8) is 0 Å². The number of unbranched alkanes of at least 4 members (excludes halogenated alkanes) is 30. The zero-order valence-corrected chi connectivity index (χ0v) is 52.5. The minimum Gasteiger partial charge on any atom is -0.456 e. The molecule has 0 saturated carbocycles. The number of likely N-dealkylation sites (N-methyl/N-ethyl adjacent to an activating group) is 1. The molecular formula is C68H124N2O7P+. The summed E-state index contributed by atoms with van der Waals surface area (Å²) in [5.41, 5.74) is 0. The first-order valence-corrected chi connectivity index (χ1v) is 33.9. The van der Waals surface area contributed by atoms with Crippen LogP contribution in [0.4, 0.5) is 0 Å². The highest BCUT2D eigenvalue weighted by Gasteiger charge is 2.30. The summed E-state index contributed by atoms with van der Waals surface area (Å²) in [4.78, 5) is 37.8. The van der Waals surface area contributed by atoms with Crippen molar-refractivity contribution in [3.05, 3.63) is 85.1 Å². The van der Waals surface area contributed by atoms with Crippen molar-refractivity contribution in [2.45, 2.75) is 296 Å². The van der Waals surface area contributed by atoms with Gasteiger partial charge < -0.3 is 19.4 Å². The van der Waals surface area contributed by atoms with Crippen LogP contribution in [0.15, 0.2) is 85.1 Å². The fourth-order valence-electron chi connectivity index (χ4n) is 9.01. The van der Waals surface area contributed by atoms with Gasteiger partial charge in [-0.3, -0.25) is 18.6 Å². The maximum Gasteiger partial charge on any atom is 0.472 e. The number of carbonyl (C=O) groups is 2. The van der Waals surface area contributed by atoms with Gasteiger partial charge in [-0.25, -0.2) is 4.57 Å². The molecule has 0 aliphatic heterocycles. The zero-order chi connectivity index (χ0) is 57.2. The van der Waals surface area contributed by atoms with Crippen molar-refractivity contribution >= 4 is 19.7 Å². The number of esters is 1. The number of ether oxygens (including phenoxy) is 1. The molecule has 3 unspecified atom stereocenters. The van der Waals surface area contributed by atoms with Gasteiger partial charge in [-0.1, -0.05) is 247 Å². The molecule has 452 valence electrons. The first-order chi connectivity index (χ1) is 37.9. The number of phosphoric ester groups is 1. The molecule has 78 heavy (non-hydrogen) atoms. The third-order valence-corrected chi connectivity index (χ3v) is 15.0. The molecule has 0 aromatic carbocycles. The third-order valence-electron chi connectivity index (χ3n) is 14.1.